The van der Waals surface area contributed by atoms with Crippen LogP contribution in [0.15, 0.2) is 41.4 Å². The third kappa shape index (κ3) is 2.83. The Balaban J connectivity index is 2.14. The van der Waals surface area contributed by atoms with Gasteiger partial charge in [0, 0.05) is 24.7 Å². The molecular formula is C16H12ClN3O3S. The van der Waals surface area contributed by atoms with Gasteiger partial charge in [0.15, 0.2) is 4.80 Å². The van der Waals surface area contributed by atoms with E-state index in [0.29, 0.717) is 9.82 Å². The minimum Gasteiger partial charge on any atom is -0.319 e. The molecule has 0 fully saturated rings. The number of carbonyl (C=O) groups is 1. The highest BCUT2D eigenvalue weighted by molar-refractivity contribution is 7.17. The van der Waals surface area contributed by atoms with E-state index >= 15 is 0 Å². The number of benzene rings is 2. The van der Waals surface area contributed by atoms with Crippen LogP contribution in [0.2, 0.25) is 5.02 Å². The zero-order chi connectivity index (χ0) is 17.4. The van der Waals surface area contributed by atoms with E-state index < -0.39 is 10.8 Å². The maximum atomic E-state index is 12.4. The molecular weight excluding hydrogens is 350 g/mol. The number of nitro benzene ring substituents is 1. The van der Waals surface area contributed by atoms with E-state index in [9.17, 15) is 14.9 Å². The largest absolute Gasteiger partial charge is 0.319 e. The van der Waals surface area contributed by atoms with Crippen molar-refractivity contribution >= 4 is 44.7 Å². The summed E-state index contributed by atoms with van der Waals surface area (Å²) in [5.74, 6) is -0.533. The number of rotatable bonds is 2. The number of amides is 1. The Kier molecular flexibility index (Phi) is 4.21. The average Bonchev–Trinajstić information content (AvgIpc) is 2.89. The smallest absolute Gasteiger partial charge is 0.279 e. The summed E-state index contributed by atoms with van der Waals surface area (Å²) in [6.07, 6.45) is 0. The van der Waals surface area contributed by atoms with Crippen molar-refractivity contribution in [2.75, 3.05) is 0 Å². The molecule has 0 unspecified atom stereocenters. The number of non-ortho nitro benzene ring substituents is 1. The fourth-order valence-electron chi connectivity index (χ4n) is 2.42. The van der Waals surface area contributed by atoms with E-state index in [1.54, 1.807) is 4.57 Å². The van der Waals surface area contributed by atoms with Gasteiger partial charge in [-0.05, 0) is 24.6 Å². The number of halogens is 1. The summed E-state index contributed by atoms with van der Waals surface area (Å²) in [5, 5.41) is 11.4. The zero-order valence-corrected chi connectivity index (χ0v) is 14.4. The Hall–Kier alpha value is -2.51. The number of carbonyl (C=O) groups excluding carboxylic acids is 1. The first-order chi connectivity index (χ1) is 11.4. The summed E-state index contributed by atoms with van der Waals surface area (Å²) < 4.78 is 2.65. The van der Waals surface area contributed by atoms with Crippen LogP contribution in [0, 0.1) is 17.0 Å². The van der Waals surface area contributed by atoms with Crippen molar-refractivity contribution in [3.63, 3.8) is 0 Å². The first-order valence-electron chi connectivity index (χ1n) is 6.96. The van der Waals surface area contributed by atoms with E-state index in [2.05, 4.69) is 4.99 Å². The Morgan fingerprint density at radius 1 is 1.33 bits per heavy atom. The topological polar surface area (TPSA) is 77.5 Å². The Morgan fingerprint density at radius 2 is 2.08 bits per heavy atom. The van der Waals surface area contributed by atoms with Crippen molar-refractivity contribution in [2.24, 2.45) is 12.0 Å². The Labute approximate surface area is 145 Å². The molecule has 0 bridgehead atoms. The van der Waals surface area contributed by atoms with Gasteiger partial charge in [-0.1, -0.05) is 35.1 Å². The van der Waals surface area contributed by atoms with Gasteiger partial charge in [-0.3, -0.25) is 14.9 Å². The lowest BCUT2D eigenvalue weighted by Crippen LogP contribution is -2.13. The zero-order valence-electron chi connectivity index (χ0n) is 12.8. The fraction of sp³-hybridized carbons (Fsp3) is 0.125. The molecule has 0 spiro atoms. The lowest BCUT2D eigenvalue weighted by molar-refractivity contribution is -0.384. The van der Waals surface area contributed by atoms with Gasteiger partial charge in [0.25, 0.3) is 11.6 Å². The van der Waals surface area contributed by atoms with Crippen LogP contribution < -0.4 is 4.80 Å². The van der Waals surface area contributed by atoms with E-state index in [-0.39, 0.29) is 11.3 Å². The predicted octanol–water partition coefficient (Wildman–Crippen LogP) is 3.85. The summed E-state index contributed by atoms with van der Waals surface area (Å²) in [5.41, 5.74) is 1.97. The van der Waals surface area contributed by atoms with Gasteiger partial charge in [0.1, 0.15) is 0 Å². The minimum atomic E-state index is -0.542. The minimum absolute atomic E-state index is 0.143. The molecule has 2 aromatic carbocycles. The van der Waals surface area contributed by atoms with Crippen LogP contribution in [-0.2, 0) is 7.05 Å². The van der Waals surface area contributed by atoms with Gasteiger partial charge in [0.2, 0.25) is 0 Å². The molecule has 0 N–H and O–H groups in total. The maximum absolute atomic E-state index is 12.4. The SMILES string of the molecule is Cc1ccc(Cl)c2sc(=NC(=O)c3cccc([N+](=O)[O-])c3)n(C)c12. The van der Waals surface area contributed by atoms with E-state index in [0.717, 1.165) is 15.8 Å². The van der Waals surface area contributed by atoms with Crippen molar-refractivity contribution in [3.05, 3.63) is 67.5 Å². The number of hydrogen-bond donors (Lipinski definition) is 0. The van der Waals surface area contributed by atoms with Crippen LogP contribution in [0.5, 0.6) is 0 Å². The molecule has 6 nitrogen and oxygen atoms in total. The van der Waals surface area contributed by atoms with Crippen molar-refractivity contribution in [1.29, 1.82) is 0 Å². The Morgan fingerprint density at radius 3 is 2.75 bits per heavy atom. The van der Waals surface area contributed by atoms with Crippen LogP contribution >= 0.6 is 22.9 Å². The van der Waals surface area contributed by atoms with Gasteiger partial charge >= 0.3 is 0 Å². The first-order valence-corrected chi connectivity index (χ1v) is 8.16. The molecule has 1 amide bonds. The molecule has 3 aromatic rings. The second-order valence-electron chi connectivity index (χ2n) is 5.21. The summed E-state index contributed by atoms with van der Waals surface area (Å²) >= 11 is 7.53. The van der Waals surface area contributed by atoms with Crippen LogP contribution in [0.25, 0.3) is 10.2 Å². The molecule has 1 aromatic heterocycles. The molecule has 0 aliphatic heterocycles. The number of aryl methyl sites for hydroxylation is 2. The van der Waals surface area contributed by atoms with E-state index in [1.807, 2.05) is 26.1 Å². The summed E-state index contributed by atoms with van der Waals surface area (Å²) in [6, 6.07) is 9.24. The summed E-state index contributed by atoms with van der Waals surface area (Å²) in [7, 11) is 1.81. The molecule has 0 saturated carbocycles. The Bertz CT molecular complexity index is 1050. The van der Waals surface area contributed by atoms with Crippen molar-refractivity contribution in [3.8, 4) is 0 Å². The van der Waals surface area contributed by atoms with Crippen LogP contribution in [0.1, 0.15) is 15.9 Å². The maximum Gasteiger partial charge on any atom is 0.279 e. The molecule has 0 saturated heterocycles. The molecule has 8 heteroatoms. The molecule has 122 valence electrons. The molecule has 0 aliphatic carbocycles. The summed E-state index contributed by atoms with van der Waals surface area (Å²) in [4.78, 5) is 27.2. The average molecular weight is 362 g/mol. The van der Waals surface area contributed by atoms with Crippen LogP contribution in [-0.4, -0.2) is 15.4 Å². The normalized spacial score (nSPS) is 11.9. The summed E-state index contributed by atoms with van der Waals surface area (Å²) in [6.45, 7) is 1.96. The number of aromatic nitrogens is 1. The third-order valence-corrected chi connectivity index (χ3v) is 5.19. The van der Waals surface area contributed by atoms with E-state index in [1.165, 1.54) is 35.6 Å². The van der Waals surface area contributed by atoms with Gasteiger partial charge in [0.05, 0.1) is 20.2 Å². The monoisotopic (exact) mass is 361 g/mol. The second kappa shape index (κ2) is 6.18. The number of nitrogens with zero attached hydrogens (tertiary/aromatic N) is 3. The van der Waals surface area contributed by atoms with Crippen molar-refractivity contribution in [2.45, 2.75) is 6.92 Å². The van der Waals surface area contributed by atoms with Gasteiger partial charge in [-0.15, -0.1) is 0 Å². The highest BCUT2D eigenvalue weighted by atomic mass is 35.5. The molecule has 0 radical (unpaired) electrons. The molecule has 1 heterocycles. The molecule has 3 rings (SSSR count). The van der Waals surface area contributed by atoms with E-state index in [4.69, 9.17) is 11.6 Å². The molecule has 24 heavy (non-hydrogen) atoms. The van der Waals surface area contributed by atoms with Gasteiger partial charge in [-0.25, -0.2) is 0 Å². The standard InChI is InChI=1S/C16H12ClN3O3S/c1-9-6-7-12(17)14-13(9)19(2)16(24-14)18-15(21)10-4-3-5-11(8-10)20(22)23/h3-8H,1-2H3. The van der Waals surface area contributed by atoms with Crippen LogP contribution in [0.4, 0.5) is 5.69 Å². The highest BCUT2D eigenvalue weighted by Crippen LogP contribution is 2.28. The molecule has 0 atom stereocenters. The number of fused-ring (bicyclic) bond motifs is 1. The van der Waals surface area contributed by atoms with Crippen molar-refractivity contribution in [1.82, 2.24) is 4.57 Å². The lowest BCUT2D eigenvalue weighted by atomic mass is 10.2. The molecule has 0 aliphatic rings. The van der Waals surface area contributed by atoms with Gasteiger partial charge in [-0.2, -0.15) is 4.99 Å². The van der Waals surface area contributed by atoms with Crippen LogP contribution in [0.3, 0.4) is 0 Å². The fourth-order valence-corrected chi connectivity index (χ4v) is 3.78. The van der Waals surface area contributed by atoms with Gasteiger partial charge < -0.3 is 4.57 Å². The lowest BCUT2D eigenvalue weighted by Gasteiger charge is -2.00. The van der Waals surface area contributed by atoms with Crippen molar-refractivity contribution < 1.29 is 9.72 Å². The first kappa shape index (κ1) is 16.4. The quantitative estimate of drug-likeness (QED) is 0.513. The number of hydrogen-bond acceptors (Lipinski definition) is 4. The third-order valence-electron chi connectivity index (χ3n) is 3.60. The number of nitro groups is 1. The second-order valence-corrected chi connectivity index (χ2v) is 6.59. The highest BCUT2D eigenvalue weighted by Gasteiger charge is 2.13. The number of thiazole rings is 1. The predicted molar refractivity (Wildman–Crippen MR) is 93.5 cm³/mol.